The number of hydrogen-bond donors (Lipinski definition) is 3. The van der Waals surface area contributed by atoms with Crippen LogP contribution < -0.4 is 16.8 Å². The summed E-state index contributed by atoms with van der Waals surface area (Å²) >= 11 is 0. The largest absolute Gasteiger partial charge is 0.330 e. The smallest absolute Gasteiger partial charge is 0.0652 e. The monoisotopic (exact) mass is 170 g/mol. The third-order valence-corrected chi connectivity index (χ3v) is 3.08. The second-order valence-corrected chi connectivity index (χ2v) is 3.78. The Hall–Kier alpha value is -0.160. The van der Waals surface area contributed by atoms with Crippen molar-refractivity contribution in [2.24, 2.45) is 17.4 Å². The van der Waals surface area contributed by atoms with Gasteiger partial charge < -0.3 is 16.8 Å². The summed E-state index contributed by atoms with van der Waals surface area (Å²) in [4.78, 5) is 2.32. The van der Waals surface area contributed by atoms with Gasteiger partial charge in [-0.1, -0.05) is 0 Å². The molecule has 3 unspecified atom stereocenters. The van der Waals surface area contributed by atoms with Gasteiger partial charge in [0.05, 0.1) is 12.3 Å². The summed E-state index contributed by atoms with van der Waals surface area (Å²) < 4.78 is 0. The highest BCUT2D eigenvalue weighted by atomic mass is 15.4. The van der Waals surface area contributed by atoms with E-state index in [1.165, 1.54) is 6.42 Å². The van der Waals surface area contributed by atoms with Gasteiger partial charge in [0.1, 0.15) is 0 Å². The molecule has 0 aromatic rings. The summed E-state index contributed by atoms with van der Waals surface area (Å²) in [6, 6.07) is 0. The Balaban J connectivity index is 1.93. The molecular formula is C8H18N4. The van der Waals surface area contributed by atoms with Gasteiger partial charge in [0.25, 0.3) is 0 Å². The van der Waals surface area contributed by atoms with Crippen LogP contribution >= 0.6 is 0 Å². The molecule has 2 heterocycles. The Labute approximate surface area is 73.3 Å². The van der Waals surface area contributed by atoms with Crippen LogP contribution in [-0.4, -0.2) is 36.9 Å². The standard InChI is InChI=1S/C8H18N4/c9-5-6-1-3-11-8(6)12-4-2-7(12)10/h6-8,11H,1-5,9-10H2. The average Bonchev–Trinajstić information content (AvgIpc) is 2.50. The summed E-state index contributed by atoms with van der Waals surface area (Å²) in [6.07, 6.45) is 3.06. The number of nitrogens with zero attached hydrogens (tertiary/aromatic N) is 1. The minimum atomic E-state index is 0.273. The van der Waals surface area contributed by atoms with Crippen LogP contribution in [0.25, 0.3) is 0 Å². The van der Waals surface area contributed by atoms with Crippen LogP contribution in [0.5, 0.6) is 0 Å². The van der Waals surface area contributed by atoms with Gasteiger partial charge >= 0.3 is 0 Å². The SMILES string of the molecule is NCC1CCNC1N1CCC1N. The van der Waals surface area contributed by atoms with Crippen LogP contribution in [0.2, 0.25) is 0 Å². The zero-order valence-electron chi connectivity index (χ0n) is 7.37. The molecule has 2 saturated heterocycles. The van der Waals surface area contributed by atoms with E-state index < -0.39 is 0 Å². The van der Waals surface area contributed by atoms with Gasteiger partial charge in [0, 0.05) is 12.5 Å². The first-order valence-electron chi connectivity index (χ1n) is 4.77. The Kier molecular flexibility index (Phi) is 2.32. The minimum Gasteiger partial charge on any atom is -0.330 e. The Morgan fingerprint density at radius 1 is 1.42 bits per heavy atom. The van der Waals surface area contributed by atoms with Crippen molar-refractivity contribution in [3.8, 4) is 0 Å². The number of likely N-dealkylation sites (tertiary alicyclic amines) is 1. The predicted octanol–water partition coefficient (Wildman–Crippen LogP) is -1.13. The maximum absolute atomic E-state index is 5.86. The van der Waals surface area contributed by atoms with Crippen molar-refractivity contribution in [1.29, 1.82) is 0 Å². The van der Waals surface area contributed by atoms with Crippen LogP contribution in [0.3, 0.4) is 0 Å². The Bertz CT molecular complexity index is 161. The fraction of sp³-hybridized carbons (Fsp3) is 1.00. The topological polar surface area (TPSA) is 67.3 Å². The summed E-state index contributed by atoms with van der Waals surface area (Å²) in [6.45, 7) is 3.01. The molecule has 3 atom stereocenters. The minimum absolute atomic E-state index is 0.273. The average molecular weight is 170 g/mol. The highest BCUT2D eigenvalue weighted by Crippen LogP contribution is 2.24. The van der Waals surface area contributed by atoms with Gasteiger partial charge in [-0.15, -0.1) is 0 Å². The van der Waals surface area contributed by atoms with Crippen molar-refractivity contribution >= 4 is 0 Å². The molecule has 4 nitrogen and oxygen atoms in total. The molecule has 2 rings (SSSR count). The molecule has 2 fully saturated rings. The van der Waals surface area contributed by atoms with Gasteiger partial charge in [-0.2, -0.15) is 0 Å². The molecule has 12 heavy (non-hydrogen) atoms. The van der Waals surface area contributed by atoms with Gasteiger partial charge in [0.15, 0.2) is 0 Å². The lowest BCUT2D eigenvalue weighted by atomic mass is 10.0. The van der Waals surface area contributed by atoms with Crippen LogP contribution in [0, 0.1) is 5.92 Å². The van der Waals surface area contributed by atoms with Crippen molar-refractivity contribution < 1.29 is 0 Å². The molecule has 0 amide bonds. The summed E-state index contributed by atoms with van der Waals surface area (Å²) in [5.41, 5.74) is 11.5. The van der Waals surface area contributed by atoms with Gasteiger partial charge in [-0.25, -0.2) is 0 Å². The van der Waals surface area contributed by atoms with Crippen molar-refractivity contribution in [1.82, 2.24) is 10.2 Å². The van der Waals surface area contributed by atoms with E-state index in [2.05, 4.69) is 10.2 Å². The molecule has 4 heteroatoms. The Morgan fingerprint density at radius 2 is 2.25 bits per heavy atom. The number of hydrogen-bond acceptors (Lipinski definition) is 4. The van der Waals surface area contributed by atoms with Crippen LogP contribution in [0.4, 0.5) is 0 Å². The van der Waals surface area contributed by atoms with E-state index >= 15 is 0 Å². The quantitative estimate of drug-likeness (QED) is 0.490. The summed E-state index contributed by atoms with van der Waals surface area (Å²) in [5, 5.41) is 3.46. The molecule has 0 radical (unpaired) electrons. The zero-order valence-corrected chi connectivity index (χ0v) is 7.37. The van der Waals surface area contributed by atoms with Crippen molar-refractivity contribution in [3.05, 3.63) is 0 Å². The van der Waals surface area contributed by atoms with E-state index in [0.717, 1.165) is 26.1 Å². The molecule has 0 aromatic carbocycles. The van der Waals surface area contributed by atoms with Crippen molar-refractivity contribution in [2.45, 2.75) is 25.2 Å². The fourth-order valence-corrected chi connectivity index (χ4v) is 2.15. The number of nitrogens with two attached hydrogens (primary N) is 2. The van der Waals surface area contributed by atoms with Crippen LogP contribution in [0.1, 0.15) is 12.8 Å². The molecule has 70 valence electrons. The Morgan fingerprint density at radius 3 is 2.75 bits per heavy atom. The molecular weight excluding hydrogens is 152 g/mol. The third kappa shape index (κ3) is 1.25. The van der Waals surface area contributed by atoms with E-state index in [4.69, 9.17) is 11.5 Å². The van der Waals surface area contributed by atoms with E-state index in [9.17, 15) is 0 Å². The lowest BCUT2D eigenvalue weighted by molar-refractivity contribution is 0.0185. The molecule has 2 aliphatic heterocycles. The van der Waals surface area contributed by atoms with Crippen LogP contribution in [0.15, 0.2) is 0 Å². The molecule has 0 bridgehead atoms. The summed E-state index contributed by atoms with van der Waals surface area (Å²) in [5.74, 6) is 0.608. The van der Waals surface area contributed by atoms with Crippen molar-refractivity contribution in [3.63, 3.8) is 0 Å². The number of nitrogens with one attached hydrogen (secondary N) is 1. The molecule has 0 spiro atoms. The van der Waals surface area contributed by atoms with Crippen LogP contribution in [-0.2, 0) is 0 Å². The van der Waals surface area contributed by atoms with E-state index in [-0.39, 0.29) is 6.17 Å². The first-order chi connectivity index (χ1) is 5.83. The highest BCUT2D eigenvalue weighted by Gasteiger charge is 2.37. The van der Waals surface area contributed by atoms with E-state index in [1.54, 1.807) is 0 Å². The molecule has 0 saturated carbocycles. The zero-order chi connectivity index (χ0) is 8.55. The summed E-state index contributed by atoms with van der Waals surface area (Å²) in [7, 11) is 0. The lowest BCUT2D eigenvalue weighted by Gasteiger charge is -2.44. The predicted molar refractivity (Wildman–Crippen MR) is 48.3 cm³/mol. The normalized spacial score (nSPS) is 43.0. The second kappa shape index (κ2) is 3.30. The molecule has 0 aromatic heterocycles. The van der Waals surface area contributed by atoms with Crippen molar-refractivity contribution in [2.75, 3.05) is 19.6 Å². The van der Waals surface area contributed by atoms with Gasteiger partial charge in [0.2, 0.25) is 0 Å². The third-order valence-electron chi connectivity index (χ3n) is 3.08. The van der Waals surface area contributed by atoms with E-state index in [1.807, 2.05) is 0 Å². The van der Waals surface area contributed by atoms with E-state index in [0.29, 0.717) is 12.1 Å². The second-order valence-electron chi connectivity index (χ2n) is 3.78. The maximum atomic E-state index is 5.86. The van der Waals surface area contributed by atoms with Gasteiger partial charge in [-0.05, 0) is 25.9 Å². The highest BCUT2D eigenvalue weighted by molar-refractivity contribution is 4.91. The van der Waals surface area contributed by atoms with Gasteiger partial charge in [-0.3, -0.25) is 4.90 Å². The lowest BCUT2D eigenvalue weighted by Crippen LogP contribution is -2.62. The number of rotatable bonds is 2. The first-order valence-corrected chi connectivity index (χ1v) is 4.77. The molecule has 2 aliphatic rings. The first kappa shape index (κ1) is 8.44. The maximum Gasteiger partial charge on any atom is 0.0652 e. The fourth-order valence-electron chi connectivity index (χ4n) is 2.15. The molecule has 5 N–H and O–H groups in total. The molecule has 0 aliphatic carbocycles.